The van der Waals surface area contributed by atoms with E-state index in [4.69, 9.17) is 0 Å². The van der Waals surface area contributed by atoms with Crippen LogP contribution in [-0.2, 0) is 16.6 Å². The molecule has 1 heterocycles. The lowest BCUT2D eigenvalue weighted by atomic mass is 10.0. The summed E-state index contributed by atoms with van der Waals surface area (Å²) >= 11 is 0. The summed E-state index contributed by atoms with van der Waals surface area (Å²) in [5, 5.41) is -0.241. The molecule has 5 nitrogen and oxygen atoms in total. The molecule has 4 rings (SSSR count). The molecule has 0 aliphatic heterocycles. The van der Waals surface area contributed by atoms with Crippen molar-refractivity contribution >= 4 is 10.0 Å². The van der Waals surface area contributed by atoms with E-state index in [1.165, 1.54) is 12.4 Å². The predicted molar refractivity (Wildman–Crippen MR) is 88.5 cm³/mol. The Hall–Kier alpha value is -1.73. The lowest BCUT2D eigenvalue weighted by Crippen LogP contribution is -2.28. The van der Waals surface area contributed by atoms with Gasteiger partial charge in [0.2, 0.25) is 10.0 Å². The fourth-order valence-electron chi connectivity index (χ4n) is 3.94. The second-order valence-electron chi connectivity index (χ2n) is 6.70. The first-order chi connectivity index (χ1) is 11.6. The van der Waals surface area contributed by atoms with Crippen LogP contribution in [0.4, 0.5) is 4.39 Å². The standard InChI is InChI=1S/C17H20FN3O2S/c18-15-9-12(5-6-16(15)21-8-7-19-11-21)10-20-24(22,23)17-13-3-1-2-4-14(13)17/h5-9,11,13-14,17,20H,1-4,10H2. The van der Waals surface area contributed by atoms with Gasteiger partial charge >= 0.3 is 0 Å². The molecule has 2 atom stereocenters. The van der Waals surface area contributed by atoms with E-state index >= 15 is 0 Å². The Kier molecular flexibility index (Phi) is 3.92. The van der Waals surface area contributed by atoms with Gasteiger partial charge in [0.15, 0.2) is 0 Å². The van der Waals surface area contributed by atoms with Crippen LogP contribution < -0.4 is 4.72 Å². The topological polar surface area (TPSA) is 64.0 Å². The van der Waals surface area contributed by atoms with Crippen molar-refractivity contribution in [1.29, 1.82) is 0 Å². The van der Waals surface area contributed by atoms with Crippen LogP contribution in [0.15, 0.2) is 36.9 Å². The molecule has 24 heavy (non-hydrogen) atoms. The molecule has 2 aliphatic carbocycles. The summed E-state index contributed by atoms with van der Waals surface area (Å²) in [6, 6.07) is 4.75. The van der Waals surface area contributed by atoms with E-state index in [1.807, 2.05) is 0 Å². The molecule has 2 saturated carbocycles. The second-order valence-corrected chi connectivity index (χ2v) is 8.62. The average Bonchev–Trinajstić information content (AvgIpc) is 3.08. The molecule has 128 valence electrons. The highest BCUT2D eigenvalue weighted by molar-refractivity contribution is 7.90. The quantitative estimate of drug-likeness (QED) is 0.902. The fraction of sp³-hybridized carbons (Fsp3) is 0.471. The van der Waals surface area contributed by atoms with Crippen molar-refractivity contribution in [2.75, 3.05) is 0 Å². The minimum atomic E-state index is -3.32. The summed E-state index contributed by atoms with van der Waals surface area (Å²) in [5.74, 6) is 0.262. The Labute approximate surface area is 141 Å². The largest absolute Gasteiger partial charge is 0.303 e. The minimum absolute atomic E-state index is 0.124. The molecule has 0 spiro atoms. The van der Waals surface area contributed by atoms with Crippen LogP contribution in [0.1, 0.15) is 31.2 Å². The van der Waals surface area contributed by atoms with Gasteiger partial charge < -0.3 is 4.57 Å². The Bertz CT molecular complexity index is 824. The maximum atomic E-state index is 14.2. The highest BCUT2D eigenvalue weighted by atomic mass is 32.2. The maximum Gasteiger partial charge on any atom is 0.215 e. The molecule has 1 N–H and O–H groups in total. The summed E-state index contributed by atoms with van der Waals surface area (Å²) in [4.78, 5) is 3.90. The second kappa shape index (κ2) is 5.97. The Morgan fingerprint density at radius 3 is 2.62 bits per heavy atom. The molecule has 7 heteroatoms. The molecule has 0 saturated heterocycles. The van der Waals surface area contributed by atoms with Crippen LogP contribution in [0, 0.1) is 17.7 Å². The molecule has 1 aromatic heterocycles. The lowest BCUT2D eigenvalue weighted by molar-refractivity contribution is 0.480. The van der Waals surface area contributed by atoms with Crippen molar-refractivity contribution in [3.8, 4) is 5.69 Å². The smallest absolute Gasteiger partial charge is 0.215 e. The predicted octanol–water partition coefficient (Wildman–Crippen LogP) is 2.62. The first-order valence-corrected chi connectivity index (χ1v) is 9.86. The third kappa shape index (κ3) is 2.86. The molecule has 0 amide bonds. The number of rotatable bonds is 5. The van der Waals surface area contributed by atoms with Crippen LogP contribution in [0.25, 0.3) is 5.69 Å². The van der Waals surface area contributed by atoms with Crippen molar-refractivity contribution in [2.45, 2.75) is 37.5 Å². The molecule has 0 bridgehead atoms. The number of hydrogen-bond acceptors (Lipinski definition) is 3. The lowest BCUT2D eigenvalue weighted by Gasteiger charge is -2.09. The zero-order chi connectivity index (χ0) is 16.7. The van der Waals surface area contributed by atoms with Crippen LogP contribution in [-0.4, -0.2) is 23.2 Å². The van der Waals surface area contributed by atoms with Gasteiger partial charge in [0.25, 0.3) is 0 Å². The summed E-state index contributed by atoms with van der Waals surface area (Å²) < 4.78 is 43.4. The fourth-order valence-corrected chi connectivity index (χ4v) is 6.00. The molecule has 1 aromatic carbocycles. The Balaban J connectivity index is 1.43. The number of imidazole rings is 1. The zero-order valence-corrected chi connectivity index (χ0v) is 14.0. The van der Waals surface area contributed by atoms with Gasteiger partial charge in [0.1, 0.15) is 5.82 Å². The number of benzene rings is 1. The molecular formula is C17H20FN3O2S. The van der Waals surface area contributed by atoms with E-state index in [1.54, 1.807) is 29.1 Å². The summed E-state index contributed by atoms with van der Waals surface area (Å²) in [6.45, 7) is 0.124. The number of aromatic nitrogens is 2. The van der Waals surface area contributed by atoms with Gasteiger partial charge in [-0.1, -0.05) is 18.9 Å². The zero-order valence-electron chi connectivity index (χ0n) is 13.2. The SMILES string of the molecule is O=S(=O)(NCc1ccc(-n2ccnc2)c(F)c1)C1C2CCCCC21. The van der Waals surface area contributed by atoms with Gasteiger partial charge in [-0.05, 0) is 42.4 Å². The van der Waals surface area contributed by atoms with Gasteiger partial charge in [-0.2, -0.15) is 0 Å². The third-order valence-electron chi connectivity index (χ3n) is 5.21. The molecule has 2 aromatic rings. The van der Waals surface area contributed by atoms with Gasteiger partial charge in [-0.25, -0.2) is 22.5 Å². The van der Waals surface area contributed by atoms with Crippen LogP contribution in [0.2, 0.25) is 0 Å². The Morgan fingerprint density at radius 2 is 2.00 bits per heavy atom. The van der Waals surface area contributed by atoms with Gasteiger partial charge in [-0.15, -0.1) is 0 Å². The van der Waals surface area contributed by atoms with Gasteiger partial charge in [0.05, 0.1) is 17.3 Å². The van der Waals surface area contributed by atoms with E-state index in [2.05, 4.69) is 9.71 Å². The molecular weight excluding hydrogens is 329 g/mol. The molecule has 2 fully saturated rings. The van der Waals surface area contributed by atoms with Gasteiger partial charge in [0, 0.05) is 18.9 Å². The van der Waals surface area contributed by atoms with Crippen molar-refractivity contribution in [2.24, 2.45) is 11.8 Å². The molecule has 2 unspecified atom stereocenters. The number of nitrogens with one attached hydrogen (secondary N) is 1. The van der Waals surface area contributed by atoms with Crippen molar-refractivity contribution in [3.63, 3.8) is 0 Å². The third-order valence-corrected chi connectivity index (χ3v) is 7.17. The average molecular weight is 349 g/mol. The van der Waals surface area contributed by atoms with E-state index in [9.17, 15) is 12.8 Å². The first-order valence-electron chi connectivity index (χ1n) is 8.31. The van der Waals surface area contributed by atoms with Crippen LogP contribution in [0.5, 0.6) is 0 Å². The summed E-state index contributed by atoms with van der Waals surface area (Å²) in [7, 11) is -3.32. The maximum absolute atomic E-state index is 14.2. The van der Waals surface area contributed by atoms with E-state index in [-0.39, 0.29) is 11.8 Å². The first kappa shape index (κ1) is 15.8. The molecule has 2 aliphatic rings. The number of sulfonamides is 1. The highest BCUT2D eigenvalue weighted by Gasteiger charge is 2.57. The monoisotopic (exact) mass is 349 g/mol. The molecule has 0 radical (unpaired) electrons. The Morgan fingerprint density at radius 1 is 1.25 bits per heavy atom. The number of hydrogen-bond donors (Lipinski definition) is 1. The van der Waals surface area contributed by atoms with E-state index < -0.39 is 15.8 Å². The van der Waals surface area contributed by atoms with Crippen molar-refractivity contribution < 1.29 is 12.8 Å². The normalized spacial score (nSPS) is 26.1. The van der Waals surface area contributed by atoms with Gasteiger partial charge in [-0.3, -0.25) is 0 Å². The van der Waals surface area contributed by atoms with Crippen LogP contribution in [0.3, 0.4) is 0 Å². The number of halogens is 1. The summed E-state index contributed by atoms with van der Waals surface area (Å²) in [5.41, 5.74) is 1.01. The minimum Gasteiger partial charge on any atom is -0.303 e. The number of fused-ring (bicyclic) bond motifs is 1. The highest BCUT2D eigenvalue weighted by Crippen LogP contribution is 2.53. The van der Waals surface area contributed by atoms with Crippen molar-refractivity contribution in [1.82, 2.24) is 14.3 Å². The number of nitrogens with zero attached hydrogens (tertiary/aromatic N) is 2. The van der Waals surface area contributed by atoms with Crippen molar-refractivity contribution in [3.05, 3.63) is 48.3 Å². The van der Waals surface area contributed by atoms with Crippen LogP contribution >= 0.6 is 0 Å². The van der Waals surface area contributed by atoms with E-state index in [0.717, 1.165) is 25.7 Å². The summed E-state index contributed by atoms with van der Waals surface area (Å²) in [6.07, 6.45) is 9.07. The van der Waals surface area contributed by atoms with E-state index in [0.29, 0.717) is 23.1 Å².